The van der Waals surface area contributed by atoms with E-state index in [0.717, 1.165) is 11.6 Å². The normalized spacial score (nSPS) is 12.4. The van der Waals surface area contributed by atoms with Crippen LogP contribution in [0, 0.1) is 17.0 Å². The van der Waals surface area contributed by atoms with Crippen molar-refractivity contribution in [1.82, 2.24) is 0 Å². The van der Waals surface area contributed by atoms with E-state index in [1.807, 2.05) is 19.1 Å². The van der Waals surface area contributed by atoms with Crippen molar-refractivity contribution >= 4 is 40.5 Å². The van der Waals surface area contributed by atoms with Gasteiger partial charge in [-0.2, -0.15) is 0 Å². The Morgan fingerprint density at radius 3 is 2.55 bits per heavy atom. The second-order valence-corrected chi connectivity index (χ2v) is 7.43. The minimum Gasteiger partial charge on any atom is -0.454 e. The molecule has 1 aliphatic rings. The van der Waals surface area contributed by atoms with E-state index >= 15 is 0 Å². The smallest absolute Gasteiger partial charge is 0.270 e. The number of rotatable bonds is 3. The molecule has 1 aliphatic heterocycles. The first-order valence-electron chi connectivity index (χ1n) is 9.20. The molecule has 0 unspecified atom stereocenters. The maximum Gasteiger partial charge on any atom is 0.270 e. The topological polar surface area (TPSA) is 102 Å². The summed E-state index contributed by atoms with van der Waals surface area (Å²) in [6, 6.07) is 13.9. The number of aryl methyl sites for hydroxylation is 1. The maximum absolute atomic E-state index is 13.0. The van der Waals surface area contributed by atoms with Gasteiger partial charge < -0.3 is 15.0 Å². The first-order valence-corrected chi connectivity index (χ1v) is 9.58. The molecule has 0 saturated carbocycles. The van der Waals surface area contributed by atoms with Gasteiger partial charge in [0.15, 0.2) is 5.75 Å². The van der Waals surface area contributed by atoms with Gasteiger partial charge in [0.25, 0.3) is 17.5 Å². The van der Waals surface area contributed by atoms with Gasteiger partial charge in [0.1, 0.15) is 5.75 Å². The van der Waals surface area contributed by atoms with E-state index < -0.39 is 10.8 Å². The highest BCUT2D eigenvalue weighted by Gasteiger charge is 2.26. The van der Waals surface area contributed by atoms with Crippen LogP contribution in [0.4, 0.5) is 17.1 Å². The summed E-state index contributed by atoms with van der Waals surface area (Å²) in [7, 11) is 1.65. The van der Waals surface area contributed by atoms with Crippen LogP contribution in [0.1, 0.15) is 26.3 Å². The van der Waals surface area contributed by atoms with Crippen LogP contribution in [0.15, 0.2) is 54.6 Å². The molecule has 0 bridgehead atoms. The second kappa shape index (κ2) is 7.73. The third kappa shape index (κ3) is 3.80. The molecule has 8 nitrogen and oxygen atoms in total. The molecular formula is C22H16ClN3O5. The van der Waals surface area contributed by atoms with Crippen molar-refractivity contribution < 1.29 is 19.2 Å². The highest BCUT2D eigenvalue weighted by Crippen LogP contribution is 2.39. The van der Waals surface area contributed by atoms with Gasteiger partial charge >= 0.3 is 0 Å². The third-order valence-electron chi connectivity index (χ3n) is 4.88. The molecule has 3 aromatic rings. The Bertz CT molecular complexity index is 1260. The van der Waals surface area contributed by atoms with E-state index in [9.17, 15) is 19.7 Å². The minimum absolute atomic E-state index is 0.0496. The van der Waals surface area contributed by atoms with Gasteiger partial charge in [0, 0.05) is 24.9 Å². The van der Waals surface area contributed by atoms with E-state index in [1.54, 1.807) is 25.2 Å². The Balaban J connectivity index is 1.64. The largest absolute Gasteiger partial charge is 0.454 e. The van der Waals surface area contributed by atoms with Crippen LogP contribution < -0.4 is 15.0 Å². The molecule has 9 heteroatoms. The van der Waals surface area contributed by atoms with Gasteiger partial charge in [-0.1, -0.05) is 17.7 Å². The van der Waals surface area contributed by atoms with Crippen molar-refractivity contribution in [2.45, 2.75) is 6.92 Å². The van der Waals surface area contributed by atoms with Crippen molar-refractivity contribution in [3.05, 3.63) is 86.4 Å². The van der Waals surface area contributed by atoms with Crippen molar-refractivity contribution in [1.29, 1.82) is 0 Å². The molecule has 0 atom stereocenters. The lowest BCUT2D eigenvalue weighted by atomic mass is 10.1. The molecule has 0 saturated heterocycles. The molecule has 0 radical (unpaired) electrons. The zero-order valence-corrected chi connectivity index (χ0v) is 17.3. The lowest BCUT2D eigenvalue weighted by Gasteiger charge is -2.16. The number of carbonyl (C=O) groups excluding carboxylic acids is 2. The van der Waals surface area contributed by atoms with Crippen molar-refractivity contribution in [3.63, 3.8) is 0 Å². The number of anilines is 2. The van der Waals surface area contributed by atoms with Crippen LogP contribution >= 0.6 is 11.6 Å². The van der Waals surface area contributed by atoms with Crippen LogP contribution in [-0.2, 0) is 0 Å². The van der Waals surface area contributed by atoms with Gasteiger partial charge in [0.05, 0.1) is 26.8 Å². The van der Waals surface area contributed by atoms with Gasteiger partial charge in [-0.05, 0) is 48.9 Å². The Morgan fingerprint density at radius 2 is 1.84 bits per heavy atom. The van der Waals surface area contributed by atoms with Crippen LogP contribution in [0.25, 0.3) is 0 Å². The lowest BCUT2D eigenvalue weighted by Crippen LogP contribution is -2.25. The summed E-state index contributed by atoms with van der Waals surface area (Å²) in [5.74, 6) is 0.0680. The maximum atomic E-state index is 13.0. The second-order valence-electron chi connectivity index (χ2n) is 7.02. The minimum atomic E-state index is -0.596. The fraction of sp³-hybridized carbons (Fsp3) is 0.0909. The van der Waals surface area contributed by atoms with Crippen molar-refractivity contribution in [2.24, 2.45) is 0 Å². The van der Waals surface area contributed by atoms with Gasteiger partial charge in [0.2, 0.25) is 0 Å². The zero-order valence-electron chi connectivity index (χ0n) is 16.5. The highest BCUT2D eigenvalue weighted by atomic mass is 35.5. The molecule has 0 fully saturated rings. The van der Waals surface area contributed by atoms with E-state index in [2.05, 4.69) is 5.32 Å². The first-order chi connectivity index (χ1) is 14.7. The number of nitrogens with one attached hydrogen (secondary N) is 1. The average molecular weight is 438 g/mol. The standard InChI is InChI=1S/C22H16ClN3O5/c1-12-3-7-20-18(9-12)25(2)22(28)16-10-13(4-8-19(16)31-20)24-21(27)15-6-5-14(26(29)30)11-17(15)23/h3-11H,1-2H3,(H,24,27). The number of carbonyl (C=O) groups is 2. The number of fused-ring (bicyclic) bond motifs is 2. The Kier molecular flexibility index (Phi) is 5.08. The first kappa shape index (κ1) is 20.4. The number of ether oxygens (including phenoxy) is 1. The number of amides is 2. The Morgan fingerprint density at radius 1 is 1.10 bits per heavy atom. The number of non-ortho nitro benzene ring substituents is 1. The molecule has 1 heterocycles. The Labute approximate surface area is 182 Å². The summed E-state index contributed by atoms with van der Waals surface area (Å²) in [4.78, 5) is 37.4. The van der Waals surface area contributed by atoms with Crippen LogP contribution in [0.5, 0.6) is 11.5 Å². The SMILES string of the molecule is Cc1ccc2c(c1)N(C)C(=O)c1cc(NC(=O)c3ccc([N+](=O)[O-])cc3Cl)ccc1O2. The van der Waals surface area contributed by atoms with Gasteiger partial charge in [-0.15, -0.1) is 0 Å². The van der Waals surface area contributed by atoms with Gasteiger partial charge in [-0.25, -0.2) is 0 Å². The van der Waals surface area contributed by atoms with Crippen LogP contribution in [0.2, 0.25) is 5.02 Å². The summed E-state index contributed by atoms with van der Waals surface area (Å²) in [5.41, 5.74) is 2.12. The molecule has 0 aliphatic carbocycles. The predicted molar refractivity (Wildman–Crippen MR) is 116 cm³/mol. The molecule has 0 aromatic heterocycles. The predicted octanol–water partition coefficient (Wildman–Crippen LogP) is 5.19. The molecule has 31 heavy (non-hydrogen) atoms. The zero-order chi connectivity index (χ0) is 22.3. The average Bonchev–Trinajstić information content (AvgIpc) is 2.83. The van der Waals surface area contributed by atoms with Crippen molar-refractivity contribution in [2.75, 3.05) is 17.3 Å². The number of nitrogens with zero attached hydrogens (tertiary/aromatic N) is 2. The summed E-state index contributed by atoms with van der Waals surface area (Å²) in [5, 5.41) is 13.5. The summed E-state index contributed by atoms with van der Waals surface area (Å²) >= 11 is 6.03. The fourth-order valence-electron chi connectivity index (χ4n) is 3.25. The molecule has 4 rings (SSSR count). The molecule has 2 amide bonds. The number of nitro groups is 1. The number of benzene rings is 3. The van der Waals surface area contributed by atoms with E-state index in [0.29, 0.717) is 22.9 Å². The van der Waals surface area contributed by atoms with Crippen LogP contribution in [-0.4, -0.2) is 23.8 Å². The Hall–Kier alpha value is -3.91. The number of hydrogen-bond acceptors (Lipinski definition) is 5. The quantitative estimate of drug-likeness (QED) is 0.448. The number of nitro benzene ring substituents is 1. The lowest BCUT2D eigenvalue weighted by molar-refractivity contribution is -0.384. The molecule has 1 N–H and O–H groups in total. The molecule has 3 aromatic carbocycles. The van der Waals surface area contributed by atoms with Gasteiger partial charge in [-0.3, -0.25) is 19.7 Å². The number of halogens is 1. The van der Waals surface area contributed by atoms with Crippen LogP contribution in [0.3, 0.4) is 0 Å². The van der Waals surface area contributed by atoms with E-state index in [1.165, 1.54) is 23.1 Å². The molecular weight excluding hydrogens is 422 g/mol. The molecule has 156 valence electrons. The monoisotopic (exact) mass is 437 g/mol. The summed E-state index contributed by atoms with van der Waals surface area (Å²) in [6.07, 6.45) is 0. The van der Waals surface area contributed by atoms with E-state index in [4.69, 9.17) is 16.3 Å². The molecule has 0 spiro atoms. The summed E-state index contributed by atoms with van der Waals surface area (Å²) in [6.45, 7) is 1.92. The number of hydrogen-bond donors (Lipinski definition) is 1. The highest BCUT2D eigenvalue weighted by molar-refractivity contribution is 6.34. The van der Waals surface area contributed by atoms with Crippen molar-refractivity contribution in [3.8, 4) is 11.5 Å². The van der Waals surface area contributed by atoms with E-state index in [-0.39, 0.29) is 27.7 Å². The fourth-order valence-corrected chi connectivity index (χ4v) is 3.51. The summed E-state index contributed by atoms with van der Waals surface area (Å²) < 4.78 is 5.94. The third-order valence-corrected chi connectivity index (χ3v) is 5.19.